The Hall–Kier alpha value is -2.90. The van der Waals surface area contributed by atoms with E-state index < -0.39 is 7.92 Å². The van der Waals surface area contributed by atoms with Gasteiger partial charge in [0.25, 0.3) is 0 Å². The lowest BCUT2D eigenvalue weighted by atomic mass is 10.3. The van der Waals surface area contributed by atoms with E-state index in [0.717, 1.165) is 16.8 Å². The normalized spacial score (nSPS) is 10.8. The van der Waals surface area contributed by atoms with E-state index in [1.54, 1.807) is 12.5 Å². The van der Waals surface area contributed by atoms with E-state index in [2.05, 4.69) is 70.6 Å². The third-order valence-electron chi connectivity index (χ3n) is 3.84. The smallest absolute Gasteiger partial charge is 0.116 e. The summed E-state index contributed by atoms with van der Waals surface area (Å²) in [4.78, 5) is 13.3. The number of aromatic nitrogens is 3. The molecule has 4 aromatic rings. The van der Waals surface area contributed by atoms with Crippen molar-refractivity contribution in [2.24, 2.45) is 0 Å². The highest BCUT2D eigenvalue weighted by molar-refractivity contribution is 7.79. The molecule has 0 spiro atoms. The van der Waals surface area contributed by atoms with E-state index in [1.807, 2.05) is 24.3 Å². The van der Waals surface area contributed by atoms with Crippen LogP contribution in [-0.4, -0.2) is 15.0 Å². The minimum absolute atomic E-state index is 0.707. The van der Waals surface area contributed by atoms with Crippen LogP contribution in [0, 0.1) is 0 Å². The van der Waals surface area contributed by atoms with Crippen molar-refractivity contribution < 1.29 is 0 Å². The molecular formula is C21H16N3P. The van der Waals surface area contributed by atoms with E-state index in [4.69, 9.17) is 4.98 Å². The quantitative estimate of drug-likeness (QED) is 0.535. The molecule has 0 aliphatic rings. The van der Waals surface area contributed by atoms with Crippen molar-refractivity contribution in [1.82, 2.24) is 15.0 Å². The molecule has 0 saturated heterocycles. The Morgan fingerprint density at radius 1 is 0.600 bits per heavy atom. The molecule has 0 N–H and O–H groups in total. The molecule has 4 heteroatoms. The zero-order chi connectivity index (χ0) is 16.9. The van der Waals surface area contributed by atoms with Gasteiger partial charge >= 0.3 is 0 Å². The average Bonchev–Trinajstić information content (AvgIpc) is 2.71. The van der Waals surface area contributed by atoms with Crippen LogP contribution in [0.15, 0.2) is 97.5 Å². The molecule has 2 aromatic carbocycles. The van der Waals surface area contributed by atoms with E-state index in [9.17, 15) is 0 Å². The second-order valence-electron chi connectivity index (χ2n) is 5.48. The third-order valence-corrected chi connectivity index (χ3v) is 6.17. The van der Waals surface area contributed by atoms with E-state index in [1.165, 1.54) is 10.6 Å². The Balaban J connectivity index is 1.83. The van der Waals surface area contributed by atoms with Gasteiger partial charge in [0.15, 0.2) is 0 Å². The minimum Gasteiger partial charge on any atom is -0.246 e. The van der Waals surface area contributed by atoms with Crippen LogP contribution in [0.1, 0.15) is 0 Å². The van der Waals surface area contributed by atoms with Crippen LogP contribution in [0.25, 0.3) is 11.4 Å². The molecule has 0 fully saturated rings. The zero-order valence-electron chi connectivity index (χ0n) is 13.5. The molecule has 0 amide bonds. The summed E-state index contributed by atoms with van der Waals surface area (Å²) in [6.07, 6.45) is 3.30. The highest BCUT2D eigenvalue weighted by Gasteiger charge is 2.18. The molecular weight excluding hydrogens is 325 g/mol. The largest absolute Gasteiger partial charge is 0.246 e. The molecule has 0 saturated carbocycles. The number of rotatable bonds is 4. The molecule has 0 unspecified atom stereocenters. The number of benzene rings is 2. The molecule has 25 heavy (non-hydrogen) atoms. The Bertz CT molecular complexity index is 905. The van der Waals surface area contributed by atoms with Gasteiger partial charge in [-0.3, -0.25) is 0 Å². The van der Waals surface area contributed by atoms with Crippen molar-refractivity contribution in [2.75, 3.05) is 0 Å². The predicted molar refractivity (Wildman–Crippen MR) is 104 cm³/mol. The molecule has 0 aliphatic carbocycles. The van der Waals surface area contributed by atoms with E-state index in [0.29, 0.717) is 0 Å². The van der Waals surface area contributed by atoms with Gasteiger partial charge in [-0.25, -0.2) is 15.0 Å². The summed E-state index contributed by atoms with van der Waals surface area (Å²) in [7, 11) is -0.707. The van der Waals surface area contributed by atoms with Crippen LogP contribution >= 0.6 is 7.92 Å². The van der Waals surface area contributed by atoms with Gasteiger partial charge in [0.1, 0.15) is 6.33 Å². The summed E-state index contributed by atoms with van der Waals surface area (Å²) < 4.78 is 0. The maximum Gasteiger partial charge on any atom is 0.116 e. The van der Waals surface area contributed by atoms with Crippen molar-refractivity contribution >= 4 is 24.0 Å². The second-order valence-corrected chi connectivity index (χ2v) is 7.64. The predicted octanol–water partition coefficient (Wildman–Crippen LogP) is 3.30. The fourth-order valence-electron chi connectivity index (χ4n) is 2.70. The van der Waals surface area contributed by atoms with Gasteiger partial charge in [-0.05, 0) is 28.8 Å². The third kappa shape index (κ3) is 3.47. The number of pyridine rings is 1. The van der Waals surface area contributed by atoms with Crippen LogP contribution in [-0.2, 0) is 0 Å². The van der Waals surface area contributed by atoms with Gasteiger partial charge in [0.05, 0.1) is 16.8 Å². The molecule has 0 atom stereocenters. The molecule has 120 valence electrons. The van der Waals surface area contributed by atoms with Crippen LogP contribution in [0.3, 0.4) is 0 Å². The van der Waals surface area contributed by atoms with Crippen LogP contribution in [0.4, 0.5) is 0 Å². The standard InChI is InChI=1S/C21H16N3P/c1-3-8-17(9-4-1)25(18-10-5-2-6-11-18)21-13-7-12-20(24-21)19-14-15-22-16-23-19/h1-16H. The fraction of sp³-hybridized carbons (Fsp3) is 0. The van der Waals surface area contributed by atoms with Crippen molar-refractivity contribution in [1.29, 1.82) is 0 Å². The van der Waals surface area contributed by atoms with Crippen LogP contribution < -0.4 is 16.0 Å². The minimum atomic E-state index is -0.707. The molecule has 0 radical (unpaired) electrons. The maximum absolute atomic E-state index is 4.93. The number of hydrogen-bond acceptors (Lipinski definition) is 3. The van der Waals surface area contributed by atoms with Gasteiger partial charge in [0.2, 0.25) is 0 Å². The van der Waals surface area contributed by atoms with Crippen molar-refractivity contribution in [2.45, 2.75) is 0 Å². The molecule has 4 rings (SSSR count). The second kappa shape index (κ2) is 7.33. The maximum atomic E-state index is 4.93. The molecule has 0 aliphatic heterocycles. The lowest BCUT2D eigenvalue weighted by molar-refractivity contribution is 1.16. The highest BCUT2D eigenvalue weighted by atomic mass is 31.1. The summed E-state index contributed by atoms with van der Waals surface area (Å²) in [5.74, 6) is 0. The zero-order valence-corrected chi connectivity index (χ0v) is 14.4. The molecule has 2 aromatic heterocycles. The van der Waals surface area contributed by atoms with Crippen molar-refractivity contribution in [3.05, 3.63) is 97.5 Å². The SMILES string of the molecule is c1ccc(P(c2ccccc2)c2cccc(-c3ccncn3)n2)cc1. The first kappa shape index (κ1) is 15.6. The summed E-state index contributed by atoms with van der Waals surface area (Å²) in [5, 5.41) is 2.58. The van der Waals surface area contributed by atoms with E-state index in [-0.39, 0.29) is 0 Å². The summed E-state index contributed by atoms with van der Waals surface area (Å²) >= 11 is 0. The summed E-state index contributed by atoms with van der Waals surface area (Å²) in [6, 6.07) is 29.2. The Morgan fingerprint density at radius 3 is 1.88 bits per heavy atom. The molecule has 3 nitrogen and oxygen atoms in total. The topological polar surface area (TPSA) is 38.7 Å². The lowest BCUT2D eigenvalue weighted by Crippen LogP contribution is -2.23. The number of hydrogen-bond donors (Lipinski definition) is 0. The van der Waals surface area contributed by atoms with Crippen LogP contribution in [0.2, 0.25) is 0 Å². The average molecular weight is 341 g/mol. The van der Waals surface area contributed by atoms with Gasteiger partial charge in [0, 0.05) is 14.1 Å². The van der Waals surface area contributed by atoms with Crippen molar-refractivity contribution in [3.8, 4) is 11.4 Å². The fourth-order valence-corrected chi connectivity index (χ4v) is 4.91. The lowest BCUT2D eigenvalue weighted by Gasteiger charge is -2.18. The van der Waals surface area contributed by atoms with Gasteiger partial charge in [-0.15, -0.1) is 0 Å². The highest BCUT2D eigenvalue weighted by Crippen LogP contribution is 2.32. The summed E-state index contributed by atoms with van der Waals surface area (Å²) in [5.41, 5.74) is 2.79. The van der Waals surface area contributed by atoms with Crippen molar-refractivity contribution in [3.63, 3.8) is 0 Å². The Labute approximate surface area is 148 Å². The van der Waals surface area contributed by atoms with Gasteiger partial charge in [-0.2, -0.15) is 0 Å². The monoisotopic (exact) mass is 341 g/mol. The Kier molecular flexibility index (Phi) is 4.58. The first-order chi connectivity index (χ1) is 12.4. The Morgan fingerprint density at radius 2 is 1.28 bits per heavy atom. The summed E-state index contributed by atoms with van der Waals surface area (Å²) in [6.45, 7) is 0. The van der Waals surface area contributed by atoms with Crippen LogP contribution in [0.5, 0.6) is 0 Å². The first-order valence-electron chi connectivity index (χ1n) is 8.05. The number of nitrogens with zero attached hydrogens (tertiary/aromatic N) is 3. The molecule has 2 heterocycles. The van der Waals surface area contributed by atoms with E-state index >= 15 is 0 Å². The van der Waals surface area contributed by atoms with Gasteiger partial charge in [-0.1, -0.05) is 66.7 Å². The van der Waals surface area contributed by atoms with Gasteiger partial charge < -0.3 is 0 Å². The first-order valence-corrected chi connectivity index (χ1v) is 9.40. The molecule has 0 bridgehead atoms.